The van der Waals surface area contributed by atoms with Crippen molar-refractivity contribution in [1.82, 2.24) is 14.2 Å². The summed E-state index contributed by atoms with van der Waals surface area (Å²) in [5.41, 5.74) is 0. The molecule has 1 aromatic rings. The van der Waals surface area contributed by atoms with Gasteiger partial charge in [-0.05, 0) is 25.0 Å². The summed E-state index contributed by atoms with van der Waals surface area (Å²) in [5, 5.41) is 8.94. The standard InChI is InChI=1S/C14H19N3O5S/c1-16(23(21,22)12-3-2-6-15-9-12)10-13(18)17-7-4-11(5-8-17)14(19)20/h2-3,6,9,11H,4-5,7-8,10H2,1H3,(H,19,20). The first kappa shape index (κ1) is 17.4. The van der Waals surface area contributed by atoms with E-state index in [1.165, 1.54) is 36.5 Å². The van der Waals surface area contributed by atoms with E-state index >= 15 is 0 Å². The van der Waals surface area contributed by atoms with Crippen LogP contribution in [0, 0.1) is 5.92 Å². The molecule has 0 aromatic carbocycles. The number of hydrogen-bond donors (Lipinski definition) is 1. The molecule has 1 saturated heterocycles. The Balaban J connectivity index is 1.97. The van der Waals surface area contributed by atoms with Gasteiger partial charge in [0.15, 0.2) is 0 Å². The van der Waals surface area contributed by atoms with Crippen molar-refractivity contribution in [3.8, 4) is 0 Å². The van der Waals surface area contributed by atoms with Gasteiger partial charge in [-0.2, -0.15) is 4.31 Å². The first-order valence-corrected chi connectivity index (χ1v) is 8.63. The molecule has 23 heavy (non-hydrogen) atoms. The summed E-state index contributed by atoms with van der Waals surface area (Å²) in [4.78, 5) is 28.4. The van der Waals surface area contributed by atoms with Gasteiger partial charge in [0.05, 0.1) is 12.5 Å². The number of hydrogen-bond acceptors (Lipinski definition) is 5. The second-order valence-corrected chi connectivity index (χ2v) is 7.49. The molecule has 0 unspecified atom stereocenters. The fourth-order valence-electron chi connectivity index (χ4n) is 2.43. The number of piperidine rings is 1. The summed E-state index contributed by atoms with van der Waals surface area (Å²) < 4.78 is 25.6. The lowest BCUT2D eigenvalue weighted by Crippen LogP contribution is -2.45. The minimum atomic E-state index is -3.77. The van der Waals surface area contributed by atoms with Gasteiger partial charge in [0.1, 0.15) is 4.90 Å². The summed E-state index contributed by atoms with van der Waals surface area (Å²) in [7, 11) is -2.43. The number of likely N-dealkylation sites (N-methyl/N-ethyl adjacent to an activating group) is 1. The van der Waals surface area contributed by atoms with Gasteiger partial charge < -0.3 is 10.0 Å². The van der Waals surface area contributed by atoms with Crippen LogP contribution in [0.5, 0.6) is 0 Å². The number of carbonyl (C=O) groups excluding carboxylic acids is 1. The number of aliphatic carboxylic acids is 1. The molecule has 1 amide bonds. The molecular weight excluding hydrogens is 322 g/mol. The van der Waals surface area contributed by atoms with Crippen LogP contribution in [-0.2, 0) is 19.6 Å². The first-order valence-electron chi connectivity index (χ1n) is 7.19. The van der Waals surface area contributed by atoms with Gasteiger partial charge in [0.25, 0.3) is 0 Å². The third kappa shape index (κ3) is 4.05. The zero-order valence-corrected chi connectivity index (χ0v) is 13.6. The number of pyridine rings is 1. The molecule has 0 atom stereocenters. The van der Waals surface area contributed by atoms with Gasteiger partial charge in [0, 0.05) is 32.5 Å². The number of nitrogens with zero attached hydrogens (tertiary/aromatic N) is 3. The molecule has 9 heteroatoms. The van der Waals surface area contributed by atoms with E-state index in [2.05, 4.69) is 4.98 Å². The predicted molar refractivity (Wildman–Crippen MR) is 81.0 cm³/mol. The molecule has 1 aliphatic rings. The van der Waals surface area contributed by atoms with Crippen molar-refractivity contribution < 1.29 is 23.1 Å². The highest BCUT2D eigenvalue weighted by molar-refractivity contribution is 7.89. The molecule has 0 spiro atoms. The number of carbonyl (C=O) groups is 2. The minimum Gasteiger partial charge on any atom is -0.481 e. The van der Waals surface area contributed by atoms with E-state index in [9.17, 15) is 18.0 Å². The van der Waals surface area contributed by atoms with Crippen LogP contribution in [0.3, 0.4) is 0 Å². The molecular formula is C14H19N3O5S. The van der Waals surface area contributed by atoms with Crippen LogP contribution in [0.15, 0.2) is 29.4 Å². The van der Waals surface area contributed by atoms with E-state index < -0.39 is 21.9 Å². The zero-order chi connectivity index (χ0) is 17.0. The second-order valence-electron chi connectivity index (χ2n) is 5.44. The molecule has 1 aliphatic heterocycles. The fraction of sp³-hybridized carbons (Fsp3) is 0.500. The molecule has 2 rings (SSSR count). The summed E-state index contributed by atoms with van der Waals surface area (Å²) in [6.45, 7) is 0.377. The van der Waals surface area contributed by atoms with Crippen molar-refractivity contribution in [3.63, 3.8) is 0 Å². The lowest BCUT2D eigenvalue weighted by molar-refractivity contribution is -0.145. The third-order valence-corrected chi connectivity index (χ3v) is 5.68. The number of carboxylic acids is 1. The van der Waals surface area contributed by atoms with Crippen LogP contribution >= 0.6 is 0 Å². The summed E-state index contributed by atoms with van der Waals surface area (Å²) in [6.07, 6.45) is 3.48. The Morgan fingerprint density at radius 1 is 1.39 bits per heavy atom. The smallest absolute Gasteiger partial charge is 0.306 e. The molecule has 8 nitrogen and oxygen atoms in total. The number of likely N-dealkylation sites (tertiary alicyclic amines) is 1. The lowest BCUT2D eigenvalue weighted by atomic mass is 9.97. The van der Waals surface area contributed by atoms with Crippen molar-refractivity contribution in [1.29, 1.82) is 0 Å². The Bertz CT molecular complexity index is 669. The molecule has 0 bridgehead atoms. The van der Waals surface area contributed by atoms with Gasteiger partial charge in [-0.1, -0.05) is 0 Å². The van der Waals surface area contributed by atoms with Gasteiger partial charge in [-0.15, -0.1) is 0 Å². The fourth-order valence-corrected chi connectivity index (χ4v) is 3.52. The number of rotatable bonds is 5. The van der Waals surface area contributed by atoms with E-state index in [0.717, 1.165) is 4.31 Å². The SMILES string of the molecule is CN(CC(=O)N1CCC(C(=O)O)CC1)S(=O)(=O)c1cccnc1. The highest BCUT2D eigenvalue weighted by Crippen LogP contribution is 2.18. The predicted octanol–water partition coefficient (Wildman–Crippen LogP) is 0.0253. The molecule has 1 aromatic heterocycles. The van der Waals surface area contributed by atoms with Gasteiger partial charge in [0.2, 0.25) is 15.9 Å². The Labute approximate surface area is 134 Å². The maximum Gasteiger partial charge on any atom is 0.306 e. The van der Waals surface area contributed by atoms with Gasteiger partial charge >= 0.3 is 5.97 Å². The molecule has 0 radical (unpaired) electrons. The van der Waals surface area contributed by atoms with Crippen LogP contribution in [0.1, 0.15) is 12.8 Å². The van der Waals surface area contributed by atoms with E-state index in [1.807, 2.05) is 0 Å². The number of sulfonamides is 1. The minimum absolute atomic E-state index is 0.0277. The molecule has 126 valence electrons. The largest absolute Gasteiger partial charge is 0.481 e. The van der Waals surface area contributed by atoms with Crippen LogP contribution in [0.2, 0.25) is 0 Å². The second kappa shape index (κ2) is 7.05. The molecule has 1 fully saturated rings. The quantitative estimate of drug-likeness (QED) is 0.809. The highest BCUT2D eigenvalue weighted by atomic mass is 32.2. The van der Waals surface area contributed by atoms with Crippen LogP contribution < -0.4 is 0 Å². The number of amides is 1. The topological polar surface area (TPSA) is 108 Å². The van der Waals surface area contributed by atoms with Gasteiger partial charge in [-0.3, -0.25) is 14.6 Å². The van der Waals surface area contributed by atoms with Crippen molar-refractivity contribution in [2.24, 2.45) is 5.92 Å². The maximum atomic E-state index is 12.3. The Morgan fingerprint density at radius 2 is 2.04 bits per heavy atom. The van der Waals surface area contributed by atoms with Crippen LogP contribution in [-0.4, -0.2) is 66.3 Å². The Kier molecular flexibility index (Phi) is 5.32. The monoisotopic (exact) mass is 341 g/mol. The maximum absolute atomic E-state index is 12.3. The van der Waals surface area contributed by atoms with Crippen molar-refractivity contribution in [2.45, 2.75) is 17.7 Å². The summed E-state index contributed by atoms with van der Waals surface area (Å²) in [6, 6.07) is 2.93. The zero-order valence-electron chi connectivity index (χ0n) is 12.8. The Hall–Kier alpha value is -2.00. The average molecular weight is 341 g/mol. The van der Waals surface area contributed by atoms with Crippen molar-refractivity contribution in [3.05, 3.63) is 24.5 Å². The van der Waals surface area contributed by atoms with E-state index in [0.29, 0.717) is 25.9 Å². The number of aromatic nitrogens is 1. The van der Waals surface area contributed by atoms with Crippen molar-refractivity contribution >= 4 is 21.9 Å². The molecule has 0 saturated carbocycles. The molecule has 1 N–H and O–H groups in total. The van der Waals surface area contributed by atoms with E-state index in [-0.39, 0.29) is 17.3 Å². The summed E-state index contributed by atoms with van der Waals surface area (Å²) >= 11 is 0. The Morgan fingerprint density at radius 3 is 2.57 bits per heavy atom. The van der Waals surface area contributed by atoms with Crippen LogP contribution in [0.25, 0.3) is 0 Å². The van der Waals surface area contributed by atoms with E-state index in [4.69, 9.17) is 5.11 Å². The normalized spacial score (nSPS) is 16.5. The van der Waals surface area contributed by atoms with E-state index in [1.54, 1.807) is 0 Å². The van der Waals surface area contributed by atoms with Crippen molar-refractivity contribution in [2.75, 3.05) is 26.7 Å². The van der Waals surface area contributed by atoms with Crippen LogP contribution in [0.4, 0.5) is 0 Å². The molecule has 2 heterocycles. The third-order valence-electron chi connectivity index (χ3n) is 3.90. The summed E-state index contributed by atoms with van der Waals surface area (Å²) in [5.74, 6) is -1.62. The van der Waals surface area contributed by atoms with Gasteiger partial charge in [-0.25, -0.2) is 8.42 Å². The first-order chi connectivity index (χ1) is 10.8. The number of carboxylic acid groups (broad SMARTS) is 1. The molecule has 0 aliphatic carbocycles. The highest BCUT2D eigenvalue weighted by Gasteiger charge is 2.29. The lowest BCUT2D eigenvalue weighted by Gasteiger charge is -2.31. The average Bonchev–Trinajstić information content (AvgIpc) is 2.55.